The Bertz CT molecular complexity index is 562. The summed E-state index contributed by atoms with van der Waals surface area (Å²) in [4.78, 5) is 4.38. The number of hydrogen-bond donors (Lipinski definition) is 1. The van der Waals surface area contributed by atoms with Gasteiger partial charge in [0.2, 0.25) is 0 Å². The molecule has 1 aromatic carbocycles. The fraction of sp³-hybridized carbons (Fsp3) is 0.471. The van der Waals surface area contributed by atoms with Crippen molar-refractivity contribution >= 4 is 0 Å². The summed E-state index contributed by atoms with van der Waals surface area (Å²) in [5.74, 6) is 1.10. The van der Waals surface area contributed by atoms with Gasteiger partial charge in [0.25, 0.3) is 0 Å². The van der Waals surface area contributed by atoms with Gasteiger partial charge >= 0.3 is 0 Å². The highest BCUT2D eigenvalue weighted by Gasteiger charge is 2.28. The lowest BCUT2D eigenvalue weighted by Gasteiger charge is -2.34. The molecule has 0 radical (unpaired) electrons. The molecule has 20 heavy (non-hydrogen) atoms. The number of rotatable bonds is 3. The average Bonchev–Trinajstić information content (AvgIpc) is 2.86. The van der Waals surface area contributed by atoms with Gasteiger partial charge in [-0.05, 0) is 24.0 Å². The first kappa shape index (κ1) is 13.4. The Balaban J connectivity index is 1.76. The molecule has 0 atom stereocenters. The van der Waals surface area contributed by atoms with E-state index >= 15 is 0 Å². The fourth-order valence-corrected chi connectivity index (χ4v) is 3.18. The molecular formula is C17H23N3. The van der Waals surface area contributed by atoms with Crippen LogP contribution in [0.1, 0.15) is 49.1 Å². The molecule has 1 fully saturated rings. The minimum absolute atomic E-state index is 0.0972. The molecule has 0 unspecified atom stereocenters. The summed E-state index contributed by atoms with van der Waals surface area (Å²) >= 11 is 0. The highest BCUT2D eigenvalue weighted by atomic mass is 15.0. The van der Waals surface area contributed by atoms with Gasteiger partial charge in [0.1, 0.15) is 5.82 Å². The molecule has 3 rings (SSSR count). The van der Waals surface area contributed by atoms with E-state index in [-0.39, 0.29) is 5.54 Å². The Morgan fingerprint density at radius 2 is 1.85 bits per heavy atom. The van der Waals surface area contributed by atoms with Crippen molar-refractivity contribution in [1.29, 1.82) is 0 Å². The van der Waals surface area contributed by atoms with Gasteiger partial charge < -0.3 is 10.3 Å². The topological polar surface area (TPSA) is 43.8 Å². The fourth-order valence-electron chi connectivity index (χ4n) is 3.18. The lowest BCUT2D eigenvalue weighted by molar-refractivity contribution is 0.302. The lowest BCUT2D eigenvalue weighted by Crippen LogP contribution is -2.38. The summed E-state index contributed by atoms with van der Waals surface area (Å²) in [7, 11) is 2.04. The molecule has 2 N–H and O–H groups in total. The Morgan fingerprint density at radius 3 is 2.45 bits per heavy atom. The van der Waals surface area contributed by atoms with Crippen LogP contribution in [-0.4, -0.2) is 9.55 Å². The van der Waals surface area contributed by atoms with Crippen molar-refractivity contribution in [3.8, 4) is 0 Å². The zero-order valence-corrected chi connectivity index (χ0v) is 12.2. The van der Waals surface area contributed by atoms with Crippen molar-refractivity contribution in [1.82, 2.24) is 9.55 Å². The Hall–Kier alpha value is -1.61. The molecule has 3 heteroatoms. The van der Waals surface area contributed by atoms with Gasteiger partial charge in [-0.25, -0.2) is 4.98 Å². The normalized spacial score (nSPS) is 18.1. The van der Waals surface area contributed by atoms with E-state index in [1.807, 2.05) is 19.4 Å². The summed E-state index contributed by atoms with van der Waals surface area (Å²) in [6.45, 7) is 0. The van der Waals surface area contributed by atoms with Gasteiger partial charge in [0, 0.05) is 31.4 Å². The smallest absolute Gasteiger partial charge is 0.112 e. The molecular weight excluding hydrogens is 246 g/mol. The monoisotopic (exact) mass is 269 g/mol. The molecule has 1 aliphatic rings. The van der Waals surface area contributed by atoms with Crippen molar-refractivity contribution in [3.63, 3.8) is 0 Å². The van der Waals surface area contributed by atoms with Crippen LogP contribution in [0, 0.1) is 0 Å². The third-order valence-electron chi connectivity index (χ3n) is 4.56. The number of aryl methyl sites for hydroxylation is 1. The maximum atomic E-state index is 6.57. The van der Waals surface area contributed by atoms with Crippen molar-refractivity contribution in [2.45, 2.75) is 44.1 Å². The molecule has 1 heterocycles. The summed E-state index contributed by atoms with van der Waals surface area (Å²) < 4.78 is 2.07. The van der Waals surface area contributed by atoms with E-state index in [2.05, 4.69) is 33.8 Å². The van der Waals surface area contributed by atoms with E-state index in [4.69, 9.17) is 5.73 Å². The molecule has 0 amide bonds. The third kappa shape index (κ3) is 2.63. The number of imidazole rings is 1. The minimum Gasteiger partial charge on any atom is -0.338 e. The highest BCUT2D eigenvalue weighted by Crippen LogP contribution is 2.34. The maximum absolute atomic E-state index is 6.57. The Morgan fingerprint density at radius 1 is 1.15 bits per heavy atom. The summed E-state index contributed by atoms with van der Waals surface area (Å²) in [5, 5.41) is 0. The van der Waals surface area contributed by atoms with Crippen LogP contribution < -0.4 is 5.73 Å². The van der Waals surface area contributed by atoms with Crippen LogP contribution in [0.3, 0.4) is 0 Å². The number of benzene rings is 1. The number of aromatic nitrogens is 2. The van der Waals surface area contributed by atoms with Gasteiger partial charge in [-0.15, -0.1) is 0 Å². The standard InChI is InChI=1S/C17H23N3/c1-20-12-11-19-16(20)13-14-5-7-15(8-6-14)17(18)9-3-2-4-10-17/h5-8,11-12H,2-4,9-10,13,18H2,1H3. The molecule has 1 aliphatic carbocycles. The van der Waals surface area contributed by atoms with Crippen LogP contribution in [0.15, 0.2) is 36.7 Å². The molecule has 0 spiro atoms. The van der Waals surface area contributed by atoms with E-state index in [9.17, 15) is 0 Å². The molecule has 3 nitrogen and oxygen atoms in total. The summed E-state index contributed by atoms with van der Waals surface area (Å²) in [5.41, 5.74) is 9.06. The van der Waals surface area contributed by atoms with Crippen LogP contribution in [0.4, 0.5) is 0 Å². The first-order chi connectivity index (χ1) is 9.67. The van der Waals surface area contributed by atoms with E-state index in [0.717, 1.165) is 25.1 Å². The zero-order valence-electron chi connectivity index (χ0n) is 12.2. The number of nitrogens with two attached hydrogens (primary N) is 1. The maximum Gasteiger partial charge on any atom is 0.112 e. The van der Waals surface area contributed by atoms with Crippen molar-refractivity contribution in [2.24, 2.45) is 12.8 Å². The van der Waals surface area contributed by atoms with Crippen molar-refractivity contribution < 1.29 is 0 Å². The molecule has 2 aromatic rings. The van der Waals surface area contributed by atoms with Crippen LogP contribution in [0.5, 0.6) is 0 Å². The van der Waals surface area contributed by atoms with Gasteiger partial charge in [0.05, 0.1) is 0 Å². The van der Waals surface area contributed by atoms with Crippen LogP contribution in [-0.2, 0) is 19.0 Å². The quantitative estimate of drug-likeness (QED) is 0.930. The summed E-state index contributed by atoms with van der Waals surface area (Å²) in [6.07, 6.45) is 10.8. The van der Waals surface area contributed by atoms with Gasteiger partial charge in [-0.3, -0.25) is 0 Å². The van der Waals surface area contributed by atoms with Crippen LogP contribution in [0.2, 0.25) is 0 Å². The minimum atomic E-state index is -0.0972. The molecule has 0 bridgehead atoms. The molecule has 0 aliphatic heterocycles. The van der Waals surface area contributed by atoms with E-state index in [1.165, 1.54) is 30.4 Å². The Labute approximate surface area is 120 Å². The third-order valence-corrected chi connectivity index (χ3v) is 4.56. The van der Waals surface area contributed by atoms with Crippen molar-refractivity contribution in [3.05, 3.63) is 53.6 Å². The first-order valence-electron chi connectivity index (χ1n) is 7.52. The van der Waals surface area contributed by atoms with Crippen LogP contribution >= 0.6 is 0 Å². The zero-order chi connectivity index (χ0) is 14.0. The largest absolute Gasteiger partial charge is 0.338 e. The molecule has 0 saturated heterocycles. The number of nitrogens with zero attached hydrogens (tertiary/aromatic N) is 2. The van der Waals surface area contributed by atoms with Gasteiger partial charge in [0.15, 0.2) is 0 Å². The predicted molar refractivity (Wildman–Crippen MR) is 81.4 cm³/mol. The second kappa shape index (κ2) is 5.41. The highest BCUT2D eigenvalue weighted by molar-refractivity contribution is 5.30. The Kier molecular flexibility index (Phi) is 3.62. The molecule has 106 valence electrons. The predicted octanol–water partition coefficient (Wildman–Crippen LogP) is 3.13. The number of hydrogen-bond acceptors (Lipinski definition) is 2. The average molecular weight is 269 g/mol. The first-order valence-corrected chi connectivity index (χ1v) is 7.52. The summed E-state index contributed by atoms with van der Waals surface area (Å²) in [6, 6.07) is 8.83. The van der Waals surface area contributed by atoms with E-state index < -0.39 is 0 Å². The van der Waals surface area contributed by atoms with Crippen LogP contribution in [0.25, 0.3) is 0 Å². The SMILES string of the molecule is Cn1ccnc1Cc1ccc(C2(N)CCCCC2)cc1. The van der Waals surface area contributed by atoms with E-state index in [0.29, 0.717) is 0 Å². The molecule has 1 saturated carbocycles. The lowest BCUT2D eigenvalue weighted by atomic mass is 9.77. The van der Waals surface area contributed by atoms with Gasteiger partial charge in [-0.1, -0.05) is 43.5 Å². The second-order valence-corrected chi connectivity index (χ2v) is 6.04. The second-order valence-electron chi connectivity index (χ2n) is 6.04. The van der Waals surface area contributed by atoms with Crippen molar-refractivity contribution in [2.75, 3.05) is 0 Å². The van der Waals surface area contributed by atoms with Gasteiger partial charge in [-0.2, -0.15) is 0 Å². The molecule has 1 aromatic heterocycles. The van der Waals surface area contributed by atoms with E-state index in [1.54, 1.807) is 0 Å².